The number of nitrogens with zero attached hydrogens (tertiary/aromatic N) is 2. The minimum atomic E-state index is -0.0771. The van der Waals surface area contributed by atoms with Crippen molar-refractivity contribution >= 4 is 10.9 Å². The highest BCUT2D eigenvalue weighted by atomic mass is 16.3. The van der Waals surface area contributed by atoms with Crippen LogP contribution >= 0.6 is 0 Å². The maximum Gasteiger partial charge on any atom is 0.256 e. The van der Waals surface area contributed by atoms with Crippen LogP contribution in [0.5, 0.6) is 0 Å². The van der Waals surface area contributed by atoms with Gasteiger partial charge in [0.25, 0.3) is 5.56 Å². The number of para-hydroxylation sites is 1. The van der Waals surface area contributed by atoms with Gasteiger partial charge < -0.3 is 14.4 Å². The number of H-pyrrole nitrogens is 2. The van der Waals surface area contributed by atoms with Crippen LogP contribution in [0.1, 0.15) is 22.5 Å². The third-order valence-electron chi connectivity index (χ3n) is 5.31. The average molecular weight is 360 g/mol. The number of aromatic amines is 2. The van der Waals surface area contributed by atoms with Crippen LogP contribution < -0.4 is 5.56 Å². The van der Waals surface area contributed by atoms with Gasteiger partial charge in [-0.2, -0.15) is 0 Å². The summed E-state index contributed by atoms with van der Waals surface area (Å²) in [5.74, 6) is 1.09. The summed E-state index contributed by atoms with van der Waals surface area (Å²) in [5.41, 5.74) is 5.19. The van der Waals surface area contributed by atoms with Crippen LogP contribution in [0, 0.1) is 6.92 Å². The monoisotopic (exact) mass is 360 g/mol. The molecule has 1 aliphatic heterocycles. The molecule has 6 heteroatoms. The summed E-state index contributed by atoms with van der Waals surface area (Å²) in [4.78, 5) is 25.9. The number of aryl methyl sites for hydroxylation is 1. The fraction of sp³-hybridized carbons (Fsp3) is 0.238. The van der Waals surface area contributed by atoms with Gasteiger partial charge in [-0.3, -0.25) is 9.69 Å². The first-order chi connectivity index (χ1) is 13.2. The minimum absolute atomic E-state index is 0.0771. The van der Waals surface area contributed by atoms with Gasteiger partial charge in [0.15, 0.2) is 11.6 Å². The number of rotatable bonds is 3. The minimum Gasteiger partial charge on any atom is -0.461 e. The molecular formula is C21H20N4O2. The smallest absolute Gasteiger partial charge is 0.256 e. The van der Waals surface area contributed by atoms with Crippen LogP contribution in [0.2, 0.25) is 0 Å². The van der Waals surface area contributed by atoms with Crippen LogP contribution in [-0.2, 0) is 19.5 Å². The zero-order chi connectivity index (χ0) is 18.4. The highest BCUT2D eigenvalue weighted by Gasteiger charge is 2.23. The van der Waals surface area contributed by atoms with Crippen molar-refractivity contribution in [1.29, 1.82) is 0 Å². The third kappa shape index (κ3) is 2.78. The van der Waals surface area contributed by atoms with E-state index in [4.69, 9.17) is 4.42 Å². The van der Waals surface area contributed by atoms with Gasteiger partial charge in [0, 0.05) is 42.7 Å². The van der Waals surface area contributed by atoms with E-state index in [-0.39, 0.29) is 5.56 Å². The quantitative estimate of drug-likeness (QED) is 0.587. The fourth-order valence-electron chi connectivity index (χ4n) is 3.91. The van der Waals surface area contributed by atoms with E-state index in [0.717, 1.165) is 36.3 Å². The number of aromatic nitrogens is 3. The van der Waals surface area contributed by atoms with Crippen molar-refractivity contribution in [1.82, 2.24) is 19.9 Å². The predicted octanol–water partition coefficient (Wildman–Crippen LogP) is 3.38. The van der Waals surface area contributed by atoms with E-state index in [2.05, 4.69) is 45.0 Å². The summed E-state index contributed by atoms with van der Waals surface area (Å²) in [6.07, 6.45) is 2.34. The van der Waals surface area contributed by atoms with Gasteiger partial charge in [0.05, 0.1) is 17.5 Å². The van der Waals surface area contributed by atoms with Gasteiger partial charge in [0.1, 0.15) is 0 Å². The molecule has 0 bridgehead atoms. The van der Waals surface area contributed by atoms with E-state index in [1.165, 1.54) is 16.6 Å². The third-order valence-corrected chi connectivity index (χ3v) is 5.31. The highest BCUT2D eigenvalue weighted by Crippen LogP contribution is 2.26. The van der Waals surface area contributed by atoms with Crippen molar-refractivity contribution in [3.63, 3.8) is 0 Å². The molecule has 0 saturated heterocycles. The zero-order valence-electron chi connectivity index (χ0n) is 15.1. The topological polar surface area (TPSA) is 77.9 Å². The Hall–Kier alpha value is -3.12. The lowest BCUT2D eigenvalue weighted by Crippen LogP contribution is -2.35. The number of benzene rings is 1. The van der Waals surface area contributed by atoms with Gasteiger partial charge in [-0.1, -0.05) is 18.2 Å². The van der Waals surface area contributed by atoms with Crippen molar-refractivity contribution in [2.45, 2.75) is 26.4 Å². The summed E-state index contributed by atoms with van der Waals surface area (Å²) in [6.45, 7) is 4.40. The lowest BCUT2D eigenvalue weighted by Gasteiger charge is -2.27. The van der Waals surface area contributed by atoms with Gasteiger partial charge in [-0.25, -0.2) is 4.98 Å². The van der Waals surface area contributed by atoms with E-state index >= 15 is 0 Å². The van der Waals surface area contributed by atoms with E-state index in [1.807, 2.05) is 6.07 Å². The van der Waals surface area contributed by atoms with Crippen molar-refractivity contribution in [3.05, 3.63) is 75.5 Å². The Bertz CT molecular complexity index is 1170. The molecule has 136 valence electrons. The van der Waals surface area contributed by atoms with Crippen LogP contribution in [0.15, 0.2) is 51.9 Å². The average Bonchev–Trinajstić information content (AvgIpc) is 3.31. The molecule has 1 aliphatic rings. The Morgan fingerprint density at radius 3 is 2.93 bits per heavy atom. The molecule has 0 fully saturated rings. The van der Waals surface area contributed by atoms with Crippen molar-refractivity contribution < 1.29 is 4.42 Å². The zero-order valence-corrected chi connectivity index (χ0v) is 15.1. The van der Waals surface area contributed by atoms with E-state index in [1.54, 1.807) is 18.4 Å². The van der Waals surface area contributed by atoms with Crippen molar-refractivity contribution in [2.75, 3.05) is 6.54 Å². The maximum atomic E-state index is 12.6. The molecule has 0 unspecified atom stereocenters. The number of nitrogens with one attached hydrogen (secondary N) is 2. The molecule has 0 atom stereocenters. The summed E-state index contributed by atoms with van der Waals surface area (Å²) >= 11 is 0. The number of fused-ring (bicyclic) bond motifs is 2. The summed E-state index contributed by atoms with van der Waals surface area (Å²) in [5, 5.41) is 1.25. The highest BCUT2D eigenvalue weighted by molar-refractivity contribution is 5.84. The second-order valence-electron chi connectivity index (χ2n) is 7.05. The largest absolute Gasteiger partial charge is 0.461 e. The molecule has 0 radical (unpaired) electrons. The number of hydrogen-bond acceptors (Lipinski definition) is 4. The van der Waals surface area contributed by atoms with Crippen LogP contribution in [0.25, 0.3) is 22.5 Å². The summed E-state index contributed by atoms with van der Waals surface area (Å²) < 4.78 is 5.36. The molecule has 3 aromatic heterocycles. The Balaban J connectivity index is 1.44. The fourth-order valence-corrected chi connectivity index (χ4v) is 3.91. The van der Waals surface area contributed by atoms with Crippen LogP contribution in [0.3, 0.4) is 0 Å². The SMILES string of the molecule is Cc1[nH]c2ccccc2c1CN1CCc2nc(-c3ccco3)[nH]c(=O)c2C1. The standard InChI is InChI=1S/C21H20N4O2/c1-13-15(14-5-2-3-6-17(14)22-13)11-25-9-8-18-16(12-25)21(26)24-20(23-18)19-7-4-10-27-19/h2-7,10,22H,8-9,11-12H2,1H3,(H,23,24,26). The molecule has 27 heavy (non-hydrogen) atoms. The van der Waals surface area contributed by atoms with Gasteiger partial charge in [-0.05, 0) is 30.7 Å². The summed E-state index contributed by atoms with van der Waals surface area (Å²) in [7, 11) is 0. The maximum absolute atomic E-state index is 12.6. The van der Waals surface area contributed by atoms with Gasteiger partial charge >= 0.3 is 0 Å². The second kappa shape index (κ2) is 6.25. The van der Waals surface area contributed by atoms with Crippen molar-refractivity contribution in [3.8, 4) is 11.6 Å². The Kier molecular flexibility index (Phi) is 3.72. The van der Waals surface area contributed by atoms with Crippen molar-refractivity contribution in [2.24, 2.45) is 0 Å². The molecule has 0 amide bonds. The molecule has 4 aromatic rings. The molecular weight excluding hydrogens is 340 g/mol. The molecule has 1 aromatic carbocycles. The van der Waals surface area contributed by atoms with Gasteiger partial charge in [-0.15, -0.1) is 0 Å². The normalized spacial score (nSPS) is 14.6. The molecule has 6 nitrogen and oxygen atoms in total. The summed E-state index contributed by atoms with van der Waals surface area (Å²) in [6, 6.07) is 12.0. The molecule has 0 spiro atoms. The number of hydrogen-bond donors (Lipinski definition) is 2. The van der Waals surface area contributed by atoms with E-state index in [0.29, 0.717) is 18.1 Å². The first-order valence-electron chi connectivity index (χ1n) is 9.13. The molecule has 0 saturated carbocycles. The molecule has 2 N–H and O–H groups in total. The second-order valence-corrected chi connectivity index (χ2v) is 7.05. The first kappa shape index (κ1) is 16.1. The van der Waals surface area contributed by atoms with Gasteiger partial charge in [0.2, 0.25) is 0 Å². The first-order valence-corrected chi connectivity index (χ1v) is 9.13. The number of furan rings is 1. The Labute approximate surface area is 155 Å². The van der Waals surface area contributed by atoms with Crippen LogP contribution in [0.4, 0.5) is 0 Å². The molecule has 0 aliphatic carbocycles. The lowest BCUT2D eigenvalue weighted by molar-refractivity contribution is 0.242. The Morgan fingerprint density at radius 1 is 1.19 bits per heavy atom. The molecule has 5 rings (SSSR count). The Morgan fingerprint density at radius 2 is 2.07 bits per heavy atom. The van der Waals surface area contributed by atoms with E-state index < -0.39 is 0 Å². The predicted molar refractivity (Wildman–Crippen MR) is 103 cm³/mol. The van der Waals surface area contributed by atoms with E-state index in [9.17, 15) is 4.79 Å². The van der Waals surface area contributed by atoms with Crippen LogP contribution in [-0.4, -0.2) is 26.4 Å². The lowest BCUT2D eigenvalue weighted by atomic mass is 10.0. The molecule has 4 heterocycles.